The highest BCUT2D eigenvalue weighted by Crippen LogP contribution is 2.23. The van der Waals surface area contributed by atoms with Gasteiger partial charge >= 0.3 is 6.03 Å². The molecule has 2 fully saturated rings. The molecule has 2 saturated heterocycles. The molecule has 0 bridgehead atoms. The molecule has 1 aromatic heterocycles. The van der Waals surface area contributed by atoms with Gasteiger partial charge in [0.05, 0.1) is 17.9 Å². The lowest BCUT2D eigenvalue weighted by Gasteiger charge is -2.34. The SMILES string of the molecule is CC(=O)Nc1cnn(C2CCN(C(=O)N3CCN(C)CC3)C2)c1. The summed E-state index contributed by atoms with van der Waals surface area (Å²) < 4.78 is 1.85. The van der Waals surface area contributed by atoms with Crippen molar-refractivity contribution in [2.24, 2.45) is 0 Å². The van der Waals surface area contributed by atoms with Crippen molar-refractivity contribution in [3.8, 4) is 0 Å². The number of anilines is 1. The first-order chi connectivity index (χ1) is 11.0. The third kappa shape index (κ3) is 3.64. The third-order valence-corrected chi connectivity index (χ3v) is 4.50. The van der Waals surface area contributed by atoms with Crippen molar-refractivity contribution in [2.45, 2.75) is 19.4 Å². The molecule has 1 atom stereocenters. The number of likely N-dealkylation sites (tertiary alicyclic amines) is 1. The van der Waals surface area contributed by atoms with Crippen molar-refractivity contribution in [3.63, 3.8) is 0 Å². The summed E-state index contributed by atoms with van der Waals surface area (Å²) in [5.41, 5.74) is 0.696. The Balaban J connectivity index is 1.56. The molecule has 3 rings (SSSR count). The number of rotatable bonds is 2. The fourth-order valence-corrected chi connectivity index (χ4v) is 3.13. The number of likely N-dealkylation sites (N-methyl/N-ethyl adjacent to an activating group) is 1. The Labute approximate surface area is 136 Å². The number of urea groups is 1. The van der Waals surface area contributed by atoms with Crippen LogP contribution >= 0.6 is 0 Å². The normalized spacial score (nSPS) is 22.4. The van der Waals surface area contributed by atoms with Gasteiger partial charge in [-0.15, -0.1) is 0 Å². The standard InChI is InChI=1S/C15H24N6O2/c1-12(22)17-13-9-16-21(10-13)14-3-4-20(11-14)15(23)19-7-5-18(2)6-8-19/h9-10,14H,3-8,11H2,1-2H3,(H,17,22). The van der Waals surface area contributed by atoms with Gasteiger partial charge in [-0.2, -0.15) is 5.10 Å². The number of hydrogen-bond acceptors (Lipinski definition) is 4. The average Bonchev–Trinajstić information content (AvgIpc) is 3.15. The van der Waals surface area contributed by atoms with Gasteiger partial charge in [-0.05, 0) is 13.5 Å². The van der Waals surface area contributed by atoms with Crippen LogP contribution in [0.2, 0.25) is 0 Å². The molecule has 2 aliphatic heterocycles. The summed E-state index contributed by atoms with van der Waals surface area (Å²) in [6.07, 6.45) is 4.36. The van der Waals surface area contributed by atoms with Gasteiger partial charge in [0.1, 0.15) is 0 Å². The molecule has 1 N–H and O–H groups in total. The predicted molar refractivity (Wildman–Crippen MR) is 86.2 cm³/mol. The highest BCUT2D eigenvalue weighted by molar-refractivity contribution is 5.88. The van der Waals surface area contributed by atoms with Gasteiger partial charge in [0.15, 0.2) is 0 Å². The zero-order chi connectivity index (χ0) is 16.4. The molecule has 2 aliphatic rings. The number of piperazine rings is 1. The number of carbonyl (C=O) groups is 2. The quantitative estimate of drug-likeness (QED) is 0.859. The maximum absolute atomic E-state index is 12.6. The van der Waals surface area contributed by atoms with Crippen LogP contribution in [0.15, 0.2) is 12.4 Å². The first kappa shape index (κ1) is 15.8. The van der Waals surface area contributed by atoms with E-state index in [1.807, 2.05) is 20.7 Å². The van der Waals surface area contributed by atoms with Crippen LogP contribution in [-0.2, 0) is 4.79 Å². The van der Waals surface area contributed by atoms with E-state index in [1.54, 1.807) is 6.20 Å². The number of amides is 3. The largest absolute Gasteiger partial charge is 0.324 e. The minimum atomic E-state index is -0.108. The first-order valence-electron chi connectivity index (χ1n) is 8.07. The van der Waals surface area contributed by atoms with Crippen LogP contribution in [-0.4, -0.2) is 82.7 Å². The summed E-state index contributed by atoms with van der Waals surface area (Å²) in [7, 11) is 2.08. The molecule has 8 nitrogen and oxygen atoms in total. The minimum absolute atomic E-state index is 0.108. The number of aromatic nitrogens is 2. The Hall–Kier alpha value is -2.09. The van der Waals surface area contributed by atoms with E-state index in [-0.39, 0.29) is 18.0 Å². The van der Waals surface area contributed by atoms with Gasteiger partial charge in [-0.1, -0.05) is 0 Å². The van der Waals surface area contributed by atoms with Crippen molar-refractivity contribution in [1.29, 1.82) is 0 Å². The van der Waals surface area contributed by atoms with E-state index in [0.717, 1.165) is 39.1 Å². The van der Waals surface area contributed by atoms with Gasteiger partial charge in [0, 0.05) is 52.4 Å². The first-order valence-corrected chi connectivity index (χ1v) is 8.07. The van der Waals surface area contributed by atoms with Crippen LogP contribution in [0.25, 0.3) is 0 Å². The molecule has 126 valence electrons. The molecule has 1 aromatic rings. The highest BCUT2D eigenvalue weighted by Gasteiger charge is 2.31. The molecule has 0 aromatic carbocycles. The molecular formula is C15H24N6O2. The summed E-state index contributed by atoms with van der Waals surface area (Å²) in [4.78, 5) is 29.7. The second-order valence-corrected chi connectivity index (χ2v) is 6.35. The lowest BCUT2D eigenvalue weighted by atomic mass is 10.3. The molecule has 0 spiro atoms. The summed E-state index contributed by atoms with van der Waals surface area (Å²) in [6, 6.07) is 0.309. The lowest BCUT2D eigenvalue weighted by Crippen LogP contribution is -2.51. The minimum Gasteiger partial charge on any atom is -0.324 e. The lowest BCUT2D eigenvalue weighted by molar-refractivity contribution is -0.114. The second kappa shape index (κ2) is 6.57. The summed E-state index contributed by atoms with van der Waals surface area (Å²) in [6.45, 7) is 6.36. The number of nitrogens with one attached hydrogen (secondary N) is 1. The van der Waals surface area contributed by atoms with E-state index >= 15 is 0 Å². The summed E-state index contributed by atoms with van der Waals surface area (Å²) >= 11 is 0. The van der Waals surface area contributed by atoms with Gasteiger partial charge in [-0.3, -0.25) is 9.48 Å². The number of carbonyl (C=O) groups excluding carboxylic acids is 2. The van der Waals surface area contributed by atoms with E-state index in [2.05, 4.69) is 22.4 Å². The Morgan fingerprint density at radius 1 is 1.17 bits per heavy atom. The predicted octanol–water partition coefficient (Wildman–Crippen LogP) is 0.456. The van der Waals surface area contributed by atoms with Crippen molar-refractivity contribution < 1.29 is 9.59 Å². The van der Waals surface area contributed by atoms with Crippen molar-refractivity contribution >= 4 is 17.6 Å². The molecule has 0 saturated carbocycles. The third-order valence-electron chi connectivity index (χ3n) is 4.50. The van der Waals surface area contributed by atoms with Crippen LogP contribution in [0.3, 0.4) is 0 Å². The van der Waals surface area contributed by atoms with Gasteiger partial charge in [-0.25, -0.2) is 4.79 Å². The van der Waals surface area contributed by atoms with Gasteiger partial charge in [0.2, 0.25) is 5.91 Å². The maximum atomic E-state index is 12.6. The summed E-state index contributed by atoms with van der Waals surface area (Å²) in [5, 5.41) is 7.03. The van der Waals surface area contributed by atoms with Gasteiger partial charge < -0.3 is 20.0 Å². The molecule has 3 heterocycles. The van der Waals surface area contributed by atoms with E-state index in [0.29, 0.717) is 12.2 Å². The average molecular weight is 320 g/mol. The van der Waals surface area contributed by atoms with Crippen LogP contribution in [0, 0.1) is 0 Å². The summed E-state index contributed by atoms with van der Waals surface area (Å²) in [5.74, 6) is -0.108. The molecule has 1 unspecified atom stereocenters. The van der Waals surface area contributed by atoms with Crippen molar-refractivity contribution in [3.05, 3.63) is 12.4 Å². The Morgan fingerprint density at radius 3 is 2.61 bits per heavy atom. The topological polar surface area (TPSA) is 73.7 Å². The van der Waals surface area contributed by atoms with Crippen LogP contribution in [0.1, 0.15) is 19.4 Å². The smallest absolute Gasteiger partial charge is 0.320 e. The molecule has 23 heavy (non-hydrogen) atoms. The van der Waals surface area contributed by atoms with Crippen LogP contribution in [0.4, 0.5) is 10.5 Å². The maximum Gasteiger partial charge on any atom is 0.320 e. The fourth-order valence-electron chi connectivity index (χ4n) is 3.13. The second-order valence-electron chi connectivity index (χ2n) is 6.35. The monoisotopic (exact) mass is 320 g/mol. The van der Waals surface area contributed by atoms with Gasteiger partial charge in [0.25, 0.3) is 0 Å². The molecular weight excluding hydrogens is 296 g/mol. The molecule has 8 heteroatoms. The molecule has 3 amide bonds. The Morgan fingerprint density at radius 2 is 1.91 bits per heavy atom. The van der Waals surface area contributed by atoms with E-state index in [4.69, 9.17) is 0 Å². The molecule has 0 aliphatic carbocycles. The van der Waals surface area contributed by atoms with E-state index in [9.17, 15) is 9.59 Å². The number of hydrogen-bond donors (Lipinski definition) is 1. The van der Waals surface area contributed by atoms with Crippen molar-refractivity contribution in [1.82, 2.24) is 24.5 Å². The number of nitrogens with zero attached hydrogens (tertiary/aromatic N) is 5. The Kier molecular flexibility index (Phi) is 4.51. The fraction of sp³-hybridized carbons (Fsp3) is 0.667. The van der Waals surface area contributed by atoms with Crippen LogP contribution in [0.5, 0.6) is 0 Å². The highest BCUT2D eigenvalue weighted by atomic mass is 16.2. The zero-order valence-corrected chi connectivity index (χ0v) is 13.7. The van der Waals surface area contributed by atoms with E-state index < -0.39 is 0 Å². The van der Waals surface area contributed by atoms with E-state index in [1.165, 1.54) is 6.92 Å². The zero-order valence-electron chi connectivity index (χ0n) is 13.7. The Bertz CT molecular complexity index is 578. The van der Waals surface area contributed by atoms with Crippen molar-refractivity contribution in [2.75, 3.05) is 51.6 Å². The molecule has 0 radical (unpaired) electrons. The van der Waals surface area contributed by atoms with Crippen LogP contribution < -0.4 is 5.32 Å².